The molecule has 7 heteroatoms. The Morgan fingerprint density at radius 3 is 2.65 bits per heavy atom. The topological polar surface area (TPSA) is 68.5 Å². The highest BCUT2D eigenvalue weighted by atomic mass is 79.9. The largest absolute Gasteiger partial charge is 0.463 e. The van der Waals surface area contributed by atoms with E-state index in [-0.39, 0.29) is 35.3 Å². The van der Waals surface area contributed by atoms with Crippen molar-refractivity contribution in [2.45, 2.75) is 6.42 Å². The Balaban J connectivity index is 1.96. The number of ether oxygens (including phenoxy) is 1. The van der Waals surface area contributed by atoms with Gasteiger partial charge in [0.15, 0.2) is 0 Å². The van der Waals surface area contributed by atoms with Gasteiger partial charge in [-0.2, -0.15) is 0 Å². The number of nitrogens with one attached hydrogen (secondary N) is 1. The highest BCUT2D eigenvalue weighted by molar-refractivity contribution is 9.09. The average molecular weight is 437 g/mol. The van der Waals surface area contributed by atoms with E-state index in [2.05, 4.69) is 21.2 Å². The van der Waals surface area contributed by atoms with E-state index in [4.69, 9.17) is 20.8 Å². The molecule has 0 unspecified atom stereocenters. The fraction of sp³-hybridized carbons (Fsp3) is 0.158. The Morgan fingerprint density at radius 1 is 1.15 bits per heavy atom. The van der Waals surface area contributed by atoms with E-state index in [1.807, 2.05) is 30.3 Å². The van der Waals surface area contributed by atoms with Crippen molar-refractivity contribution in [3.8, 4) is 5.95 Å². The van der Waals surface area contributed by atoms with Gasteiger partial charge in [-0.25, -0.2) is 4.79 Å². The minimum absolute atomic E-state index is 0.0617. The number of anilines is 1. The molecule has 1 heterocycles. The van der Waals surface area contributed by atoms with Crippen LogP contribution < -0.4 is 15.7 Å². The monoisotopic (exact) mass is 435 g/mol. The van der Waals surface area contributed by atoms with Crippen LogP contribution in [0.1, 0.15) is 5.56 Å². The van der Waals surface area contributed by atoms with Gasteiger partial charge >= 0.3 is 11.6 Å². The number of alkyl halides is 1. The second kappa shape index (κ2) is 8.38. The summed E-state index contributed by atoms with van der Waals surface area (Å²) in [6.45, 7) is 0.288. The van der Waals surface area contributed by atoms with Crippen LogP contribution in [0.5, 0.6) is 5.95 Å². The van der Waals surface area contributed by atoms with Crippen LogP contribution in [0, 0.1) is 0 Å². The molecule has 134 valence electrons. The lowest BCUT2D eigenvalue weighted by atomic mass is 10.1. The first-order valence-electron chi connectivity index (χ1n) is 7.88. The smallest absolute Gasteiger partial charge is 0.346 e. The van der Waals surface area contributed by atoms with Gasteiger partial charge in [0.2, 0.25) is 5.91 Å². The lowest BCUT2D eigenvalue weighted by Crippen LogP contribution is -2.15. The van der Waals surface area contributed by atoms with Crippen LogP contribution >= 0.6 is 27.5 Å². The summed E-state index contributed by atoms with van der Waals surface area (Å²) in [5.41, 5.74) is 0.746. The Bertz CT molecular complexity index is 988. The number of amides is 1. The van der Waals surface area contributed by atoms with Gasteiger partial charge in [0, 0.05) is 10.7 Å². The Hall–Kier alpha value is -2.31. The molecule has 0 saturated carbocycles. The summed E-state index contributed by atoms with van der Waals surface area (Å²) >= 11 is 9.61. The first-order chi connectivity index (χ1) is 12.6. The minimum Gasteiger partial charge on any atom is -0.463 e. The number of fused-ring (bicyclic) bond motifs is 1. The summed E-state index contributed by atoms with van der Waals surface area (Å²) in [6, 6.07) is 14.3. The van der Waals surface area contributed by atoms with Gasteiger partial charge in [-0.05, 0) is 17.7 Å². The predicted octanol–water partition coefficient (Wildman–Crippen LogP) is 4.40. The van der Waals surface area contributed by atoms with E-state index in [1.165, 1.54) is 0 Å². The molecule has 1 aromatic heterocycles. The second-order valence-corrected chi connectivity index (χ2v) is 6.64. The summed E-state index contributed by atoms with van der Waals surface area (Å²) in [4.78, 5) is 24.6. The molecule has 26 heavy (non-hydrogen) atoms. The number of benzene rings is 2. The summed E-state index contributed by atoms with van der Waals surface area (Å²) < 4.78 is 10.5. The van der Waals surface area contributed by atoms with Gasteiger partial charge in [0.1, 0.15) is 11.6 Å². The molecule has 1 N–H and O–H groups in total. The fourth-order valence-corrected chi connectivity index (χ4v) is 3.01. The zero-order chi connectivity index (χ0) is 18.5. The molecule has 0 saturated heterocycles. The molecular formula is C19H15BrClNO4. The minimum atomic E-state index is -0.576. The summed E-state index contributed by atoms with van der Waals surface area (Å²) in [7, 11) is 0. The second-order valence-electron chi connectivity index (χ2n) is 5.47. The zero-order valence-corrected chi connectivity index (χ0v) is 16.0. The molecule has 3 rings (SSSR count). The Morgan fingerprint density at radius 2 is 1.92 bits per heavy atom. The normalized spacial score (nSPS) is 10.7. The SMILES string of the molecule is O=C(Cc1ccccc1)Nc1cccc2c(=O)oc(OCCBr)c(Cl)c12. The van der Waals surface area contributed by atoms with Crippen molar-refractivity contribution in [2.75, 3.05) is 17.3 Å². The fourth-order valence-electron chi connectivity index (χ4n) is 2.55. The molecule has 5 nitrogen and oxygen atoms in total. The van der Waals surface area contributed by atoms with Crippen molar-refractivity contribution < 1.29 is 13.9 Å². The van der Waals surface area contributed by atoms with Gasteiger partial charge < -0.3 is 14.5 Å². The third-order valence-corrected chi connectivity index (χ3v) is 4.33. The molecular weight excluding hydrogens is 422 g/mol. The maximum absolute atomic E-state index is 12.4. The molecule has 0 spiro atoms. The highest BCUT2D eigenvalue weighted by Gasteiger charge is 2.17. The third kappa shape index (κ3) is 4.08. The first kappa shape index (κ1) is 18.5. The molecule has 0 aliphatic heterocycles. The van der Waals surface area contributed by atoms with Crippen LogP contribution in [0.15, 0.2) is 57.7 Å². The van der Waals surface area contributed by atoms with Gasteiger partial charge in [-0.1, -0.05) is 63.9 Å². The molecule has 0 atom stereocenters. The number of halogens is 2. The van der Waals surface area contributed by atoms with E-state index in [0.717, 1.165) is 5.56 Å². The van der Waals surface area contributed by atoms with E-state index in [1.54, 1.807) is 18.2 Å². The molecule has 0 radical (unpaired) electrons. The summed E-state index contributed by atoms with van der Waals surface area (Å²) in [5, 5.41) is 4.20. The summed E-state index contributed by atoms with van der Waals surface area (Å²) in [6.07, 6.45) is 0.212. The molecule has 0 fully saturated rings. The van der Waals surface area contributed by atoms with Crippen LogP contribution in [0.3, 0.4) is 0 Å². The molecule has 3 aromatic rings. The highest BCUT2D eigenvalue weighted by Crippen LogP contribution is 2.35. The van der Waals surface area contributed by atoms with E-state index >= 15 is 0 Å². The Kier molecular flexibility index (Phi) is 5.96. The lowest BCUT2D eigenvalue weighted by Gasteiger charge is -2.12. The van der Waals surface area contributed by atoms with Crippen molar-refractivity contribution in [1.29, 1.82) is 0 Å². The predicted molar refractivity (Wildman–Crippen MR) is 106 cm³/mol. The summed E-state index contributed by atoms with van der Waals surface area (Å²) in [5.74, 6) is -0.274. The molecule has 0 aliphatic carbocycles. The van der Waals surface area contributed by atoms with Crippen molar-refractivity contribution in [3.63, 3.8) is 0 Å². The number of carbonyl (C=O) groups is 1. The zero-order valence-electron chi connectivity index (χ0n) is 13.6. The van der Waals surface area contributed by atoms with Gasteiger partial charge in [-0.3, -0.25) is 4.79 Å². The van der Waals surface area contributed by atoms with Crippen molar-refractivity contribution in [2.24, 2.45) is 0 Å². The van der Waals surface area contributed by atoms with Crippen LogP contribution in [0.2, 0.25) is 5.02 Å². The van der Waals surface area contributed by atoms with E-state index in [0.29, 0.717) is 16.4 Å². The first-order valence-corrected chi connectivity index (χ1v) is 9.38. The van der Waals surface area contributed by atoms with E-state index < -0.39 is 5.63 Å². The number of hydrogen-bond donors (Lipinski definition) is 1. The standard InChI is InChI=1S/C19H15BrClNO4/c20-9-10-25-19-17(21)16-13(18(24)26-19)7-4-8-14(16)22-15(23)11-12-5-2-1-3-6-12/h1-8H,9-11H2,(H,22,23). The van der Waals surface area contributed by atoms with Gasteiger partial charge in [0.25, 0.3) is 0 Å². The molecule has 1 amide bonds. The van der Waals surface area contributed by atoms with Gasteiger partial charge in [-0.15, -0.1) is 0 Å². The quantitative estimate of drug-likeness (QED) is 0.582. The van der Waals surface area contributed by atoms with Gasteiger partial charge in [0.05, 0.1) is 17.5 Å². The molecule has 2 aromatic carbocycles. The van der Waals surface area contributed by atoms with Crippen molar-refractivity contribution in [1.82, 2.24) is 0 Å². The van der Waals surface area contributed by atoms with Crippen molar-refractivity contribution >= 4 is 49.9 Å². The third-order valence-electron chi connectivity index (χ3n) is 3.66. The average Bonchev–Trinajstić information content (AvgIpc) is 2.64. The van der Waals surface area contributed by atoms with Crippen LogP contribution in [-0.4, -0.2) is 17.8 Å². The molecule has 0 aliphatic rings. The number of hydrogen-bond acceptors (Lipinski definition) is 4. The van der Waals surface area contributed by atoms with Crippen LogP contribution in [0.4, 0.5) is 5.69 Å². The van der Waals surface area contributed by atoms with Crippen LogP contribution in [0.25, 0.3) is 10.8 Å². The molecule has 0 bridgehead atoms. The van der Waals surface area contributed by atoms with Crippen molar-refractivity contribution in [3.05, 3.63) is 69.5 Å². The maximum Gasteiger partial charge on any atom is 0.346 e. The maximum atomic E-state index is 12.4. The Labute approximate surface area is 163 Å². The van der Waals surface area contributed by atoms with Crippen LogP contribution in [-0.2, 0) is 11.2 Å². The lowest BCUT2D eigenvalue weighted by molar-refractivity contribution is -0.115. The number of carbonyl (C=O) groups excluding carboxylic acids is 1. The number of rotatable bonds is 6. The van der Waals surface area contributed by atoms with E-state index in [9.17, 15) is 9.59 Å².